The van der Waals surface area contributed by atoms with Gasteiger partial charge in [0.25, 0.3) is 0 Å². The third-order valence-electron chi connectivity index (χ3n) is 13.9. The highest BCUT2D eigenvalue weighted by Crippen LogP contribution is 2.47. The van der Waals surface area contributed by atoms with Crippen LogP contribution in [-0.2, 0) is 53.8 Å². The van der Waals surface area contributed by atoms with Gasteiger partial charge in [-0.2, -0.15) is 0 Å². The second-order valence-electron chi connectivity index (χ2n) is 22.0. The zero-order valence-corrected chi connectivity index (χ0v) is 51.0. The summed E-state index contributed by atoms with van der Waals surface area (Å²) in [4.78, 5) is 73.1. The van der Waals surface area contributed by atoms with Gasteiger partial charge in [-0.05, 0) is 109 Å². The highest BCUT2D eigenvalue weighted by Gasteiger charge is 2.45. The van der Waals surface area contributed by atoms with Crippen molar-refractivity contribution in [1.82, 2.24) is 21.3 Å². The van der Waals surface area contributed by atoms with E-state index in [1.54, 1.807) is 69.3 Å². The molecule has 84 heavy (non-hydrogen) atoms. The number of hydrogen-bond acceptors (Lipinski definition) is 18. The van der Waals surface area contributed by atoms with E-state index in [-0.39, 0.29) is 72.1 Å². The number of methoxy groups -OCH3 is 6. The first kappa shape index (κ1) is 65.1. The first-order valence-corrected chi connectivity index (χ1v) is 29.9. The number of alkyl carbamates (subject to hydrolysis) is 2. The molecule has 2 aliphatic rings. The lowest BCUT2D eigenvalue weighted by Gasteiger charge is -2.41. The molecule has 0 aliphatic carbocycles. The molecule has 22 nitrogen and oxygen atoms in total. The average molecular weight is 1180 g/mol. The Bertz CT molecular complexity index is 3070. The maximum absolute atomic E-state index is 15.7. The van der Waals surface area contributed by atoms with Crippen LogP contribution in [0, 0.1) is 0 Å². The number of esters is 1. The lowest BCUT2D eigenvalue weighted by atomic mass is 9.90. The molecule has 0 spiro atoms. The fraction of sp³-hybridized carbons (Fsp3) is 0.426. The first-order chi connectivity index (χ1) is 39.8. The summed E-state index contributed by atoms with van der Waals surface area (Å²) >= 11 is 0. The van der Waals surface area contributed by atoms with Gasteiger partial charge in [-0.3, -0.25) is 9.59 Å². The normalized spacial score (nSPS) is 16.9. The maximum atomic E-state index is 15.7. The van der Waals surface area contributed by atoms with E-state index < -0.39 is 84.9 Å². The predicted molar refractivity (Wildman–Crippen MR) is 312 cm³/mol. The summed E-state index contributed by atoms with van der Waals surface area (Å²) < 4.78 is 70.4. The van der Waals surface area contributed by atoms with E-state index in [4.69, 9.17) is 56.5 Å². The molecule has 23 heteroatoms. The first-order valence-electron chi connectivity index (χ1n) is 27.0. The number of phenolic OH excluding ortho intramolecular Hbond substituents is 1. The van der Waals surface area contributed by atoms with Crippen molar-refractivity contribution in [2.75, 3.05) is 69.3 Å². The van der Waals surface area contributed by atoms with Crippen molar-refractivity contribution in [2.24, 2.45) is 0 Å². The molecule has 5 aromatic rings. The second-order valence-corrected chi connectivity index (χ2v) is 26.7. The van der Waals surface area contributed by atoms with Gasteiger partial charge in [-0.1, -0.05) is 69.3 Å². The van der Waals surface area contributed by atoms with Gasteiger partial charge in [-0.15, -0.1) is 0 Å². The number of phenols is 1. The molecule has 0 aromatic heterocycles. The molecule has 0 unspecified atom stereocenters. The van der Waals surface area contributed by atoms with Crippen LogP contribution in [0.1, 0.15) is 93.6 Å². The molecule has 5 atom stereocenters. The second kappa shape index (κ2) is 28.9. The van der Waals surface area contributed by atoms with Crippen LogP contribution in [0.4, 0.5) is 9.59 Å². The molecular weight excluding hydrogens is 1100 g/mol. The van der Waals surface area contributed by atoms with Gasteiger partial charge in [-0.25, -0.2) is 14.4 Å². The number of ether oxygens (including phenoxy) is 11. The van der Waals surface area contributed by atoms with Crippen molar-refractivity contribution in [1.29, 1.82) is 0 Å². The molecule has 0 saturated heterocycles. The summed E-state index contributed by atoms with van der Waals surface area (Å²) in [6.07, 6.45) is -3.04. The number of nitrogens with one attached hydrogen (secondary N) is 4. The van der Waals surface area contributed by atoms with Crippen LogP contribution in [0.15, 0.2) is 97.1 Å². The van der Waals surface area contributed by atoms with Gasteiger partial charge >= 0.3 is 18.2 Å². The standard InChI is InChI=1S/C61H78N4O18Si/c1-60(2,3)82-59(71)65-51-39-29-45(66)54(76-11)48(30-39)81-40-23-20-37(21-24-40)53(83-84(13,14)61(4,5)6)52(57(69)77-12)64-55(67)50(63-56(51)68)38-22-25-46(74-9)43(28-38)49-42(31-41(73-8)32-47(49)75-10)44(34-79-35-78-27-26-72-7)62-58(70)80-33-36-18-16-15-17-19-36/h15-25,28-32,44,50-53,66H,26-27,33-35H2,1-14H3,(H,62,70)(H,63,68)(H,64,67)(H,65,71)/t44-,50-,51-,52+,53-/m1/s1. The molecule has 5 aromatic carbocycles. The zero-order chi connectivity index (χ0) is 61.5. The number of amides is 4. The smallest absolute Gasteiger partial charge is 0.408 e. The van der Waals surface area contributed by atoms with E-state index in [1.807, 2.05) is 64.2 Å². The molecule has 4 amide bonds. The van der Waals surface area contributed by atoms with E-state index >= 15 is 9.59 Å². The molecule has 2 heterocycles. The Morgan fingerprint density at radius 3 is 2.04 bits per heavy atom. The molecule has 2 aliphatic heterocycles. The van der Waals surface area contributed by atoms with Gasteiger partial charge in [0.2, 0.25) is 17.6 Å². The van der Waals surface area contributed by atoms with Crippen LogP contribution >= 0.6 is 0 Å². The van der Waals surface area contributed by atoms with E-state index in [1.165, 1.54) is 60.9 Å². The summed E-state index contributed by atoms with van der Waals surface area (Å²) in [7, 11) is 5.50. The Balaban J connectivity index is 1.61. The van der Waals surface area contributed by atoms with E-state index in [0.717, 1.165) is 5.56 Å². The lowest BCUT2D eigenvalue weighted by molar-refractivity contribution is -0.148. The number of carbonyl (C=O) groups is 5. The zero-order valence-electron chi connectivity index (χ0n) is 50.0. The number of rotatable bonds is 21. The maximum Gasteiger partial charge on any atom is 0.408 e. The fourth-order valence-corrected chi connectivity index (χ4v) is 9.96. The van der Waals surface area contributed by atoms with Gasteiger partial charge in [0.15, 0.2) is 25.9 Å². The molecule has 0 radical (unpaired) electrons. The summed E-state index contributed by atoms with van der Waals surface area (Å²) in [6.45, 7) is 15.0. The molecule has 7 rings (SSSR count). The summed E-state index contributed by atoms with van der Waals surface area (Å²) in [5.41, 5.74) is 1.11. The fourth-order valence-electron chi connectivity index (χ4n) is 8.70. The number of benzene rings is 5. The van der Waals surface area contributed by atoms with E-state index in [2.05, 4.69) is 21.3 Å². The highest BCUT2D eigenvalue weighted by atomic mass is 28.4. The third-order valence-corrected chi connectivity index (χ3v) is 18.4. The Morgan fingerprint density at radius 1 is 0.726 bits per heavy atom. The Labute approximate surface area is 491 Å². The van der Waals surface area contributed by atoms with E-state index in [0.29, 0.717) is 29.0 Å². The van der Waals surface area contributed by atoms with Crippen molar-refractivity contribution in [3.05, 3.63) is 125 Å². The molecule has 5 N–H and O–H groups in total. The van der Waals surface area contributed by atoms with Crippen LogP contribution in [0.3, 0.4) is 0 Å². The molecule has 0 saturated carbocycles. The van der Waals surface area contributed by atoms with Crippen molar-refractivity contribution >= 4 is 38.3 Å². The Kier molecular flexibility index (Phi) is 22.4. The van der Waals surface area contributed by atoms with Crippen LogP contribution in [0.5, 0.6) is 40.2 Å². The lowest BCUT2D eigenvalue weighted by Crippen LogP contribution is -2.54. The van der Waals surface area contributed by atoms with Crippen LogP contribution in [0.25, 0.3) is 11.1 Å². The monoisotopic (exact) mass is 1180 g/mol. The number of hydrogen-bond donors (Lipinski definition) is 5. The van der Waals surface area contributed by atoms with E-state index in [9.17, 15) is 19.5 Å². The Hall–Kier alpha value is -8.09. The van der Waals surface area contributed by atoms with Gasteiger partial charge < -0.3 is 82.9 Å². The largest absolute Gasteiger partial charge is 0.504 e. The minimum atomic E-state index is -2.85. The van der Waals surface area contributed by atoms with Crippen molar-refractivity contribution in [3.8, 4) is 51.4 Å². The molecule has 454 valence electrons. The predicted octanol–water partition coefficient (Wildman–Crippen LogP) is 9.65. The van der Waals surface area contributed by atoms with Gasteiger partial charge in [0, 0.05) is 24.3 Å². The minimum absolute atomic E-state index is 0.0278. The van der Waals surface area contributed by atoms with Crippen LogP contribution in [0.2, 0.25) is 18.1 Å². The Morgan fingerprint density at radius 2 is 1.42 bits per heavy atom. The number of aromatic hydroxyl groups is 1. The molecule has 4 bridgehead atoms. The molecule has 0 fully saturated rings. The topological polar surface area (TPSA) is 264 Å². The van der Waals surface area contributed by atoms with Gasteiger partial charge in [0.05, 0.1) is 61.4 Å². The number of fused-ring (bicyclic) bond motifs is 9. The summed E-state index contributed by atoms with van der Waals surface area (Å²) in [6, 6.07) is 20.1. The van der Waals surface area contributed by atoms with Crippen LogP contribution < -0.4 is 45.0 Å². The van der Waals surface area contributed by atoms with Crippen molar-refractivity contribution < 1.29 is 85.6 Å². The summed E-state index contributed by atoms with van der Waals surface area (Å²) in [5.74, 6) is -2.47. The van der Waals surface area contributed by atoms with Gasteiger partial charge in [0.1, 0.15) is 60.2 Å². The quantitative estimate of drug-likeness (QED) is 0.0150. The average Bonchev–Trinajstić information content (AvgIpc) is 3.46. The number of carbonyl (C=O) groups excluding carboxylic acids is 5. The highest BCUT2D eigenvalue weighted by molar-refractivity contribution is 6.74. The SMILES string of the molecule is COCCOCOC[C@@H](NC(=O)OCc1ccccc1)c1cc(OC)cc(OC)c1-c1cc([C@H]2NC(=O)[C@H](NC(=O)OC(C)(C)C)c3cc(O)c(OC)c(c3)Oc3ccc(cc3)[C@@H](O[Si](C)(C)C(C)(C)C)[C@@H](C(=O)OC)NC2=O)ccc1OC. The van der Waals surface area contributed by atoms with Crippen molar-refractivity contribution in [2.45, 2.75) is 102 Å². The third kappa shape index (κ3) is 16.8. The summed E-state index contributed by atoms with van der Waals surface area (Å²) in [5, 5.41) is 22.4. The van der Waals surface area contributed by atoms with Crippen molar-refractivity contribution in [3.63, 3.8) is 0 Å². The molecular formula is C61H78N4O18Si. The van der Waals surface area contributed by atoms with Crippen LogP contribution in [-0.4, -0.2) is 124 Å². The minimum Gasteiger partial charge on any atom is -0.504 e.